The van der Waals surface area contributed by atoms with Gasteiger partial charge in [-0.25, -0.2) is 0 Å². The highest BCUT2D eigenvalue weighted by Crippen LogP contribution is 2.28. The molecule has 0 fully saturated rings. The molecule has 0 aliphatic heterocycles. The van der Waals surface area contributed by atoms with Gasteiger partial charge in [-0.1, -0.05) is 46.0 Å². The van der Waals surface area contributed by atoms with Crippen LogP contribution in [-0.2, 0) is 76.7 Å². The van der Waals surface area contributed by atoms with Crippen LogP contribution >= 0.6 is 101 Å². The van der Waals surface area contributed by atoms with Crippen LogP contribution in [-0.4, -0.2) is 228 Å². The summed E-state index contributed by atoms with van der Waals surface area (Å²) in [5.74, 6) is -7.49. The third-order valence-electron chi connectivity index (χ3n) is 19.2. The third kappa shape index (κ3) is 58.1. The third-order valence-corrected chi connectivity index (χ3v) is 21.0. The molecule has 19 N–H and O–H groups in total. The summed E-state index contributed by atoms with van der Waals surface area (Å²) in [5, 5.41) is 42.6. The average Bonchev–Trinajstić information content (AvgIpc) is 0.816. The van der Waals surface area contributed by atoms with Gasteiger partial charge in [0.05, 0.1) is 0 Å². The van der Waals surface area contributed by atoms with Gasteiger partial charge in [-0.15, -0.1) is 0 Å². The quantitative estimate of drug-likeness (QED) is 0.0236. The van der Waals surface area contributed by atoms with Gasteiger partial charge in [0.2, 0.25) is 94.5 Å². The zero-order valence-corrected chi connectivity index (χ0v) is 77.1. The number of nitrogens with one attached hydrogen (secondary N) is 15. The lowest BCUT2D eigenvalue weighted by Crippen LogP contribution is -2.59. The predicted octanol–water partition coefficient (Wildman–Crippen LogP) is 2.79. The van der Waals surface area contributed by atoms with Crippen molar-refractivity contribution in [1.29, 1.82) is 0 Å². The van der Waals surface area contributed by atoms with Crippen LogP contribution in [0.15, 0.2) is 0 Å². The highest BCUT2D eigenvalue weighted by molar-refractivity contribution is 7.81. The minimum Gasteiger partial charge on any atom is -0.368 e. The van der Waals surface area contributed by atoms with Gasteiger partial charge >= 0.3 is 0 Å². The molecule has 0 bridgehead atoms. The molecule has 684 valence electrons. The largest absolute Gasteiger partial charge is 0.368 e. The van der Waals surface area contributed by atoms with Crippen molar-refractivity contribution in [2.45, 2.75) is 287 Å². The van der Waals surface area contributed by atoms with Crippen molar-refractivity contribution >= 4 is 196 Å². The molecule has 0 spiro atoms. The fourth-order valence-corrected chi connectivity index (χ4v) is 14.3. The molecule has 33 nitrogen and oxygen atoms in total. The van der Waals surface area contributed by atoms with Gasteiger partial charge in [-0.3, -0.25) is 76.7 Å². The Balaban J connectivity index is 7.87. The van der Waals surface area contributed by atoms with Gasteiger partial charge in [0.25, 0.3) is 0 Å². The van der Waals surface area contributed by atoms with E-state index >= 15 is 4.79 Å². The second kappa shape index (κ2) is 72.7. The molecule has 0 aliphatic carbocycles. The lowest BCUT2D eigenvalue weighted by Gasteiger charge is -2.35. The number of carbonyl (C=O) groups is 16. The van der Waals surface area contributed by atoms with Crippen LogP contribution in [0.4, 0.5) is 0 Å². The number of carbonyl (C=O) groups excluding carboxylic acids is 16. The van der Waals surface area contributed by atoms with E-state index in [1.165, 1.54) is 0 Å². The second-order valence-electron chi connectivity index (χ2n) is 29.4. The van der Waals surface area contributed by atoms with Crippen molar-refractivity contribution in [2.75, 3.05) is 91.8 Å². The van der Waals surface area contributed by atoms with E-state index in [1.54, 1.807) is 0 Å². The topological polar surface area (TPSA) is 506 Å². The van der Waals surface area contributed by atoms with E-state index in [2.05, 4.69) is 181 Å². The minimum absolute atomic E-state index is 0.0109. The van der Waals surface area contributed by atoms with Crippen LogP contribution in [0.1, 0.15) is 245 Å². The Morgan fingerprint density at radius 3 is 1.00 bits per heavy atom. The molecule has 0 saturated carbocycles. The molecule has 0 saturated heterocycles. The summed E-state index contributed by atoms with van der Waals surface area (Å²) in [5.41, 5.74) is 11.3. The summed E-state index contributed by atoms with van der Waals surface area (Å²) in [6, 6.07) is -3.91. The summed E-state index contributed by atoms with van der Waals surface area (Å²) in [4.78, 5) is 215. The first kappa shape index (κ1) is 113. The van der Waals surface area contributed by atoms with Gasteiger partial charge in [0.1, 0.15) is 36.0 Å². The smallest absolute Gasteiger partial charge is 0.244 e. The molecule has 0 aromatic carbocycles. The second-order valence-corrected chi connectivity index (χ2v) is 33.0. The normalized spacial score (nSPS) is 13.6. The Hall–Kier alpha value is -5.72. The predicted molar refractivity (Wildman–Crippen MR) is 490 cm³/mol. The monoisotopic (exact) mass is 1830 g/mol. The first-order chi connectivity index (χ1) is 57.0. The summed E-state index contributed by atoms with van der Waals surface area (Å²) >= 11 is 33.3. The Bertz CT molecular complexity index is 3020. The fraction of sp³-hybridized carbons (Fsp3) is 0.795. The van der Waals surface area contributed by atoms with Crippen LogP contribution in [0.5, 0.6) is 0 Å². The van der Waals surface area contributed by atoms with Gasteiger partial charge in [0, 0.05) is 134 Å². The summed E-state index contributed by atoms with van der Waals surface area (Å²) < 4.78 is 0. The van der Waals surface area contributed by atoms with E-state index in [1.807, 2.05) is 13.8 Å². The fourth-order valence-electron chi connectivity index (χ4n) is 12.7. The number of rotatable bonds is 75. The Labute approximate surface area is 749 Å². The lowest BCUT2D eigenvalue weighted by molar-refractivity contribution is -0.135. The van der Waals surface area contributed by atoms with Crippen molar-refractivity contribution in [2.24, 2.45) is 23.3 Å². The van der Waals surface area contributed by atoms with E-state index < -0.39 is 119 Å². The van der Waals surface area contributed by atoms with Crippen molar-refractivity contribution in [3.05, 3.63) is 0 Å². The van der Waals surface area contributed by atoms with Gasteiger partial charge in [-0.05, 0) is 174 Å². The number of unbranched alkanes of at least 4 members (excludes halogenated alkanes) is 8. The van der Waals surface area contributed by atoms with Crippen molar-refractivity contribution in [1.82, 2.24) is 79.8 Å². The van der Waals surface area contributed by atoms with E-state index in [0.717, 1.165) is 19.3 Å². The van der Waals surface area contributed by atoms with Crippen molar-refractivity contribution < 1.29 is 76.7 Å². The van der Waals surface area contributed by atoms with Gasteiger partial charge in [-0.2, -0.15) is 101 Å². The number of amides is 16. The standard InChI is InChI=1S/C78H143N17O16S8/c1-3-5-7-25-66(100)91-60(93-75(109)58(89-69(103)32-48-117)23-10-14-37-82-63(97)28-44-113)51-54(19-17-21-56(79)52-61(92-67(101)26-8-6-4-2)94-76(110)59(90-70(104)33-49-118)24-11-15-38-83-64(98)29-45-114)72(106)86-41-42-87-73(107)55(53-78(77(80)111,95-71(105)34-50-119)35-12-16-39-84-65(99)30-46-115)20-18-40-85-74(108)57(88-68(102)31-47-116)22-9-13-36-81-62(96)27-43-112/h54-61,112-119H,3-53,79H2,1-2H3,(H2,80,111)(H,81,96)(H,82,97)(H,83,98)(H,84,99)(H,85,108)(H,86,106)(H,87,107)(H,88,102)(H,89,103)(H,90,104)(H,91,100)(H,92,101)(H,93,109)(H,94,110)(H,95,105)/t54-,55?,56?,57-,58?,59?,60-,61-,78?/m0/s1. The highest BCUT2D eigenvalue weighted by Gasteiger charge is 2.42. The number of nitrogens with two attached hydrogens (primary N) is 2. The molecule has 9 atom stereocenters. The Kier molecular flexibility index (Phi) is 69.2. The zero-order chi connectivity index (χ0) is 89.0. The number of hydrogen-bond donors (Lipinski definition) is 25. The molecule has 0 aliphatic rings. The molecule has 16 amide bonds. The first-order valence-electron chi connectivity index (χ1n) is 42.3. The van der Waals surface area contributed by atoms with E-state index in [4.69, 9.17) is 11.5 Å². The van der Waals surface area contributed by atoms with Gasteiger partial charge < -0.3 is 91.2 Å². The molecule has 5 unspecified atom stereocenters. The van der Waals surface area contributed by atoms with E-state index in [-0.39, 0.29) is 233 Å². The highest BCUT2D eigenvalue weighted by atomic mass is 32.1. The lowest BCUT2D eigenvalue weighted by atomic mass is 9.80. The molecule has 41 heteroatoms. The molecule has 119 heavy (non-hydrogen) atoms. The number of thiol groups is 8. The zero-order valence-electron chi connectivity index (χ0n) is 69.9. The molecule has 0 rings (SSSR count). The number of hydrogen-bond acceptors (Lipinski definition) is 25. The van der Waals surface area contributed by atoms with Crippen LogP contribution in [0, 0.1) is 11.8 Å². The minimum atomic E-state index is -1.83. The molecular weight excluding hydrogens is 1690 g/mol. The van der Waals surface area contributed by atoms with E-state index in [0.29, 0.717) is 100 Å². The molecule has 0 aromatic heterocycles. The molecule has 0 aromatic rings. The van der Waals surface area contributed by atoms with Crippen LogP contribution in [0.3, 0.4) is 0 Å². The number of primary amides is 1. The van der Waals surface area contributed by atoms with Crippen molar-refractivity contribution in [3.63, 3.8) is 0 Å². The van der Waals surface area contributed by atoms with E-state index in [9.17, 15) is 71.9 Å². The first-order valence-corrected chi connectivity index (χ1v) is 47.3. The van der Waals surface area contributed by atoms with Crippen molar-refractivity contribution in [3.8, 4) is 0 Å². The maximum atomic E-state index is 15.0. The summed E-state index contributed by atoms with van der Waals surface area (Å²) in [6.45, 7) is 4.66. The Morgan fingerprint density at radius 1 is 0.286 bits per heavy atom. The van der Waals surface area contributed by atoms with Gasteiger partial charge in [0.15, 0.2) is 0 Å². The maximum absolute atomic E-state index is 15.0. The molecular formula is C78H143N17O16S8. The maximum Gasteiger partial charge on any atom is 0.244 e. The average molecular weight is 1830 g/mol. The molecule has 0 heterocycles. The molecule has 0 radical (unpaired) electrons. The summed E-state index contributed by atoms with van der Waals surface area (Å²) in [6.07, 6.45) is 6.55. The van der Waals surface area contributed by atoms with Crippen LogP contribution in [0.25, 0.3) is 0 Å². The van der Waals surface area contributed by atoms with Crippen LogP contribution in [0.2, 0.25) is 0 Å². The SMILES string of the molecule is CCCCCC(=O)N[C@H](CC(N)CCC[C@@H](C[C@@H](NC(=O)CCCCC)NC(=O)C(CCCCNC(=O)CCS)NC(=O)CCS)C(=O)NCCNC(=O)C(CCCNC(=O)[C@H](CCCCNC(=O)CCS)NC(=O)CCS)CC(CCCCNC(=O)CCS)(NC(=O)CCS)C(N)=O)NC(=O)C(CCCCNC(=O)CCS)NC(=O)CCS. The Morgan fingerprint density at radius 2 is 0.613 bits per heavy atom. The summed E-state index contributed by atoms with van der Waals surface area (Å²) in [7, 11) is 0. The van der Waals surface area contributed by atoms with Crippen LogP contribution < -0.4 is 91.2 Å².